The Hall–Kier alpha value is -1.78. The summed E-state index contributed by atoms with van der Waals surface area (Å²) in [5.74, 6) is -0.320. The van der Waals surface area contributed by atoms with Gasteiger partial charge in [-0.1, -0.05) is 20.8 Å². The minimum atomic E-state index is -0.875. The zero-order valence-corrected chi connectivity index (χ0v) is 10.7. The summed E-state index contributed by atoms with van der Waals surface area (Å²) < 4.78 is 15.4. The third-order valence-electron chi connectivity index (χ3n) is 2.95. The van der Waals surface area contributed by atoms with Gasteiger partial charge in [0.1, 0.15) is 12.4 Å². The summed E-state index contributed by atoms with van der Waals surface area (Å²) in [6.45, 7) is 5.80. The van der Waals surface area contributed by atoms with Gasteiger partial charge in [-0.25, -0.2) is 9.59 Å². The molecule has 0 saturated carbocycles. The molecule has 0 aliphatic carbocycles. The topological polar surface area (TPSA) is 65.7 Å². The van der Waals surface area contributed by atoms with Crippen molar-refractivity contribution >= 4 is 11.9 Å². The highest BCUT2D eigenvalue weighted by molar-refractivity contribution is 5.89. The number of furan rings is 1. The van der Waals surface area contributed by atoms with Crippen LogP contribution in [0.25, 0.3) is 0 Å². The first-order valence-electron chi connectivity index (χ1n) is 5.90. The maximum absolute atomic E-state index is 11.8. The Morgan fingerprint density at radius 1 is 1.50 bits per heavy atom. The van der Waals surface area contributed by atoms with Gasteiger partial charge in [-0.15, -0.1) is 0 Å². The van der Waals surface area contributed by atoms with Crippen molar-refractivity contribution in [3.8, 4) is 0 Å². The molecule has 1 aliphatic heterocycles. The fraction of sp³-hybridized carbons (Fsp3) is 0.538. The van der Waals surface area contributed by atoms with E-state index in [2.05, 4.69) is 0 Å². The molecule has 1 fully saturated rings. The van der Waals surface area contributed by atoms with Gasteiger partial charge in [0.2, 0.25) is 11.9 Å². The number of carbonyl (C=O) groups excluding carboxylic acids is 2. The lowest BCUT2D eigenvalue weighted by Crippen LogP contribution is -2.34. The van der Waals surface area contributed by atoms with Gasteiger partial charge in [-0.3, -0.25) is 0 Å². The van der Waals surface area contributed by atoms with Crippen LogP contribution >= 0.6 is 0 Å². The molecule has 0 radical (unpaired) electrons. The van der Waals surface area contributed by atoms with Crippen molar-refractivity contribution in [2.24, 2.45) is 5.41 Å². The maximum atomic E-state index is 11.8. The number of cyclic esters (lactones) is 1. The third-order valence-corrected chi connectivity index (χ3v) is 2.95. The summed E-state index contributed by atoms with van der Waals surface area (Å²) in [5.41, 5.74) is -0.507. The van der Waals surface area contributed by atoms with Crippen LogP contribution < -0.4 is 0 Å². The minimum absolute atomic E-state index is 0.113. The first-order chi connectivity index (χ1) is 8.44. The first-order valence-corrected chi connectivity index (χ1v) is 5.90. The molecule has 0 N–H and O–H groups in total. The van der Waals surface area contributed by atoms with Crippen LogP contribution in [0.4, 0.5) is 0 Å². The molecule has 1 aliphatic rings. The number of hydrogen-bond donors (Lipinski definition) is 0. The number of ether oxygens (including phenoxy) is 2. The summed E-state index contributed by atoms with van der Waals surface area (Å²) >= 11 is 0. The number of carbonyl (C=O) groups is 2. The molecule has 0 unspecified atom stereocenters. The Morgan fingerprint density at radius 3 is 2.72 bits per heavy atom. The van der Waals surface area contributed by atoms with Crippen LogP contribution in [0, 0.1) is 5.41 Å². The zero-order chi connectivity index (χ0) is 13.3. The van der Waals surface area contributed by atoms with Crippen molar-refractivity contribution in [2.45, 2.75) is 33.3 Å². The van der Waals surface area contributed by atoms with E-state index in [9.17, 15) is 9.59 Å². The van der Waals surface area contributed by atoms with E-state index >= 15 is 0 Å². The van der Waals surface area contributed by atoms with Crippen LogP contribution in [0.1, 0.15) is 37.1 Å². The average molecular weight is 252 g/mol. The van der Waals surface area contributed by atoms with Crippen molar-refractivity contribution < 1.29 is 23.5 Å². The quantitative estimate of drug-likeness (QED) is 0.769. The van der Waals surface area contributed by atoms with Crippen molar-refractivity contribution in [3.63, 3.8) is 0 Å². The number of aryl methyl sites for hydroxylation is 1. The highest BCUT2D eigenvalue weighted by Gasteiger charge is 2.46. The van der Waals surface area contributed by atoms with Crippen LogP contribution in [-0.4, -0.2) is 24.6 Å². The van der Waals surface area contributed by atoms with E-state index in [0.717, 1.165) is 0 Å². The maximum Gasteiger partial charge on any atom is 0.375 e. The highest BCUT2D eigenvalue weighted by atomic mass is 16.6. The Morgan fingerprint density at radius 2 is 2.22 bits per heavy atom. The molecule has 0 aromatic carbocycles. The summed E-state index contributed by atoms with van der Waals surface area (Å²) in [6.07, 6.45) is -0.176. The number of hydrogen-bond acceptors (Lipinski definition) is 5. The fourth-order valence-electron chi connectivity index (χ4n) is 1.78. The van der Waals surface area contributed by atoms with Crippen molar-refractivity contribution in [1.82, 2.24) is 0 Å². The number of esters is 2. The molecule has 0 amide bonds. The normalized spacial score (nSPS) is 21.7. The molecule has 2 heterocycles. The van der Waals surface area contributed by atoms with E-state index in [4.69, 9.17) is 13.9 Å². The largest absolute Gasteiger partial charge is 0.462 e. The lowest BCUT2D eigenvalue weighted by atomic mass is 9.90. The number of rotatable bonds is 3. The Bertz CT molecular complexity index is 471. The molecular weight excluding hydrogens is 236 g/mol. The standard InChI is InChI=1S/C13H16O5/c1-4-8-5-6-9(17-8)11(14)18-10-12(15)16-7-13(10,2)3/h5-6,10H,4,7H2,1-3H3/t10-/m0/s1. The Labute approximate surface area is 105 Å². The molecule has 1 atom stereocenters. The molecule has 18 heavy (non-hydrogen) atoms. The highest BCUT2D eigenvalue weighted by Crippen LogP contribution is 2.31. The van der Waals surface area contributed by atoms with E-state index in [1.54, 1.807) is 12.1 Å². The predicted molar refractivity (Wildman–Crippen MR) is 62.0 cm³/mol. The SMILES string of the molecule is CCc1ccc(C(=O)O[C@H]2C(=O)OCC2(C)C)o1. The Balaban J connectivity index is 2.09. The van der Waals surface area contributed by atoms with Gasteiger partial charge in [-0.05, 0) is 12.1 Å². The summed E-state index contributed by atoms with van der Waals surface area (Å²) in [5, 5.41) is 0. The van der Waals surface area contributed by atoms with Crippen LogP contribution in [0.15, 0.2) is 16.5 Å². The van der Waals surface area contributed by atoms with Gasteiger partial charge in [0, 0.05) is 11.8 Å². The van der Waals surface area contributed by atoms with Crippen LogP contribution in [0.5, 0.6) is 0 Å². The Kier molecular flexibility index (Phi) is 3.15. The first kappa shape index (κ1) is 12.7. The predicted octanol–water partition coefficient (Wildman–Crippen LogP) is 1.95. The second kappa shape index (κ2) is 4.48. The van der Waals surface area contributed by atoms with Gasteiger partial charge in [0.25, 0.3) is 0 Å². The van der Waals surface area contributed by atoms with Crippen molar-refractivity contribution in [3.05, 3.63) is 23.7 Å². The molecular formula is C13H16O5. The molecule has 5 nitrogen and oxygen atoms in total. The molecule has 1 aromatic heterocycles. The smallest absolute Gasteiger partial charge is 0.375 e. The summed E-state index contributed by atoms with van der Waals surface area (Å²) in [4.78, 5) is 23.3. The lowest BCUT2D eigenvalue weighted by Gasteiger charge is -2.20. The molecule has 0 bridgehead atoms. The second-order valence-electron chi connectivity index (χ2n) is 5.00. The van der Waals surface area contributed by atoms with Crippen molar-refractivity contribution in [1.29, 1.82) is 0 Å². The van der Waals surface area contributed by atoms with Crippen LogP contribution in [0.3, 0.4) is 0 Å². The van der Waals surface area contributed by atoms with Crippen LogP contribution in [0.2, 0.25) is 0 Å². The van der Waals surface area contributed by atoms with Gasteiger partial charge in [0.05, 0.1) is 0 Å². The molecule has 1 saturated heterocycles. The van der Waals surface area contributed by atoms with E-state index in [0.29, 0.717) is 12.2 Å². The van der Waals surface area contributed by atoms with E-state index in [-0.39, 0.29) is 12.4 Å². The van der Waals surface area contributed by atoms with Gasteiger partial charge in [-0.2, -0.15) is 0 Å². The van der Waals surface area contributed by atoms with E-state index in [1.165, 1.54) is 0 Å². The lowest BCUT2D eigenvalue weighted by molar-refractivity contribution is -0.145. The van der Waals surface area contributed by atoms with Crippen molar-refractivity contribution in [2.75, 3.05) is 6.61 Å². The zero-order valence-electron chi connectivity index (χ0n) is 10.7. The second-order valence-corrected chi connectivity index (χ2v) is 5.00. The molecule has 98 valence electrons. The molecule has 2 rings (SSSR count). The molecule has 5 heteroatoms. The third kappa shape index (κ3) is 2.25. The fourth-order valence-corrected chi connectivity index (χ4v) is 1.78. The minimum Gasteiger partial charge on any atom is -0.462 e. The average Bonchev–Trinajstić information content (AvgIpc) is 2.89. The van der Waals surface area contributed by atoms with E-state index in [1.807, 2.05) is 20.8 Å². The molecule has 1 aromatic rings. The van der Waals surface area contributed by atoms with E-state index < -0.39 is 23.5 Å². The van der Waals surface area contributed by atoms with Gasteiger partial charge >= 0.3 is 11.9 Å². The monoisotopic (exact) mass is 252 g/mol. The van der Waals surface area contributed by atoms with Crippen LogP contribution in [-0.2, 0) is 20.7 Å². The summed E-state index contributed by atoms with van der Waals surface area (Å²) in [6, 6.07) is 3.27. The van der Waals surface area contributed by atoms with Gasteiger partial charge in [0.15, 0.2) is 0 Å². The van der Waals surface area contributed by atoms with Gasteiger partial charge < -0.3 is 13.9 Å². The summed E-state index contributed by atoms with van der Waals surface area (Å²) in [7, 11) is 0. The molecule has 0 spiro atoms.